The van der Waals surface area contributed by atoms with Crippen molar-refractivity contribution in [3.8, 4) is 17.1 Å². The molecule has 0 atom stereocenters. The highest BCUT2D eigenvalue weighted by Crippen LogP contribution is 2.26. The van der Waals surface area contributed by atoms with Gasteiger partial charge in [0, 0.05) is 24.5 Å². The molecular formula is C23H19F6N5O5S. The molecule has 0 aliphatic carbocycles. The van der Waals surface area contributed by atoms with Gasteiger partial charge in [-0.15, -0.1) is 0 Å². The lowest BCUT2D eigenvalue weighted by atomic mass is 10.1. The molecule has 0 saturated carbocycles. The lowest BCUT2D eigenvalue weighted by Gasteiger charge is -2.14. The molecule has 10 nitrogen and oxygen atoms in total. The second-order valence-electron chi connectivity index (χ2n) is 8.49. The number of pyridine rings is 1. The molecule has 0 amide bonds. The summed E-state index contributed by atoms with van der Waals surface area (Å²) >= 11 is 0. The number of methoxy groups -OCH3 is 1. The number of aromatic amines is 1. The fourth-order valence-electron chi connectivity index (χ4n) is 3.81. The molecule has 0 fully saturated rings. The van der Waals surface area contributed by atoms with Crippen LogP contribution in [0.4, 0.5) is 26.3 Å². The minimum atomic E-state index is -5.05. The van der Waals surface area contributed by atoms with Crippen molar-refractivity contribution in [3.05, 3.63) is 75.1 Å². The van der Waals surface area contributed by atoms with Crippen molar-refractivity contribution in [1.29, 1.82) is 0 Å². The van der Waals surface area contributed by atoms with E-state index in [-0.39, 0.29) is 31.8 Å². The number of nitrogens with one attached hydrogen (secondary N) is 2. The molecule has 4 rings (SSSR count). The number of halogens is 6. The Bertz CT molecular complexity index is 1760. The van der Waals surface area contributed by atoms with Gasteiger partial charge in [-0.2, -0.15) is 26.3 Å². The molecule has 17 heteroatoms. The van der Waals surface area contributed by atoms with Crippen LogP contribution in [0.5, 0.6) is 5.88 Å². The molecule has 0 saturated heterocycles. The third kappa shape index (κ3) is 6.36. The highest BCUT2D eigenvalue weighted by Gasteiger charge is 2.34. The molecule has 1 aromatic carbocycles. The summed E-state index contributed by atoms with van der Waals surface area (Å²) in [7, 11) is -2.58. The van der Waals surface area contributed by atoms with Crippen molar-refractivity contribution >= 4 is 21.1 Å². The zero-order valence-corrected chi connectivity index (χ0v) is 21.1. The van der Waals surface area contributed by atoms with Crippen LogP contribution in [-0.2, 0) is 29.7 Å². The number of hydrogen-bond acceptors (Lipinski definition) is 6. The number of hydrogen-bond donors (Lipinski definition) is 2. The molecule has 0 spiro atoms. The van der Waals surface area contributed by atoms with E-state index in [1.165, 1.54) is 37.6 Å². The van der Waals surface area contributed by atoms with E-state index in [4.69, 9.17) is 4.74 Å². The summed E-state index contributed by atoms with van der Waals surface area (Å²) in [5, 5.41) is 0. The quantitative estimate of drug-likeness (QED) is 0.303. The predicted molar refractivity (Wildman–Crippen MR) is 129 cm³/mol. The van der Waals surface area contributed by atoms with Crippen molar-refractivity contribution in [2.24, 2.45) is 0 Å². The smallest absolute Gasteiger partial charge is 0.406 e. The minimum Gasteiger partial charge on any atom is -0.481 e. The van der Waals surface area contributed by atoms with E-state index in [0.717, 1.165) is 6.07 Å². The number of H-pyrrole nitrogens is 1. The van der Waals surface area contributed by atoms with Gasteiger partial charge < -0.3 is 9.72 Å². The number of rotatable bonds is 8. The number of ether oxygens (including phenoxy) is 1. The molecule has 0 unspecified atom stereocenters. The van der Waals surface area contributed by atoms with Gasteiger partial charge in [0.25, 0.3) is 5.56 Å². The maximum absolute atomic E-state index is 13.2. The first-order valence-electron chi connectivity index (χ1n) is 11.2. The fourth-order valence-corrected chi connectivity index (χ4v) is 4.83. The van der Waals surface area contributed by atoms with Crippen LogP contribution in [0.3, 0.4) is 0 Å². The Balaban J connectivity index is 1.68. The van der Waals surface area contributed by atoms with E-state index in [1.807, 2.05) is 0 Å². The predicted octanol–water partition coefficient (Wildman–Crippen LogP) is 3.17. The second kappa shape index (κ2) is 10.5. The van der Waals surface area contributed by atoms with Crippen LogP contribution in [0.25, 0.3) is 22.3 Å². The van der Waals surface area contributed by atoms with E-state index < -0.39 is 57.7 Å². The largest absolute Gasteiger partial charge is 0.481 e. The number of nitrogens with zero attached hydrogens (tertiary/aromatic N) is 3. The van der Waals surface area contributed by atoms with E-state index in [2.05, 4.69) is 14.7 Å². The Morgan fingerprint density at radius 1 is 0.950 bits per heavy atom. The summed E-state index contributed by atoms with van der Waals surface area (Å²) < 4.78 is 111. The maximum atomic E-state index is 13.2. The summed E-state index contributed by atoms with van der Waals surface area (Å²) in [5.41, 5.74) is -3.77. The first kappa shape index (κ1) is 28.9. The highest BCUT2D eigenvalue weighted by molar-refractivity contribution is 7.89. The molecule has 0 aliphatic rings. The van der Waals surface area contributed by atoms with Gasteiger partial charge in [0.05, 0.1) is 17.5 Å². The topological polar surface area (TPSA) is 128 Å². The first-order chi connectivity index (χ1) is 18.6. The van der Waals surface area contributed by atoms with E-state index in [1.54, 1.807) is 12.1 Å². The molecule has 0 bridgehead atoms. The summed E-state index contributed by atoms with van der Waals surface area (Å²) in [6.45, 7) is -4.12. The summed E-state index contributed by atoms with van der Waals surface area (Å²) in [4.78, 5) is 31.4. The van der Waals surface area contributed by atoms with Crippen LogP contribution >= 0.6 is 0 Å². The molecule has 3 heterocycles. The van der Waals surface area contributed by atoms with Crippen LogP contribution in [0.2, 0.25) is 0 Å². The Morgan fingerprint density at radius 2 is 1.57 bits per heavy atom. The standard InChI is InChI=1S/C23H19F6N5O5S/c1-39-18-7-2-13(9-30-18)10-31-40(37,38)15-5-3-14(4-6-15)16-8-17-19(32-16)20(35)34(12-23(27,28)29)21(36)33(17)11-22(24,25)26/h2-9,31-32H,10-12H2,1H3. The molecule has 4 aromatic rings. The number of sulfonamides is 1. The molecule has 0 radical (unpaired) electrons. The van der Waals surface area contributed by atoms with E-state index in [9.17, 15) is 44.3 Å². The maximum Gasteiger partial charge on any atom is 0.406 e. The van der Waals surface area contributed by atoms with Crippen molar-refractivity contribution in [2.75, 3.05) is 7.11 Å². The Hall–Kier alpha value is -4.12. The first-order valence-corrected chi connectivity index (χ1v) is 12.7. The van der Waals surface area contributed by atoms with Gasteiger partial charge in [-0.05, 0) is 29.3 Å². The Morgan fingerprint density at radius 3 is 2.12 bits per heavy atom. The molecule has 0 aliphatic heterocycles. The van der Waals surface area contributed by atoms with Crippen molar-refractivity contribution in [2.45, 2.75) is 36.9 Å². The second-order valence-corrected chi connectivity index (χ2v) is 10.3. The Labute approximate surface area is 220 Å². The minimum absolute atomic E-state index is 0.0270. The van der Waals surface area contributed by atoms with Gasteiger partial charge in [-0.1, -0.05) is 18.2 Å². The van der Waals surface area contributed by atoms with Gasteiger partial charge in [0.15, 0.2) is 0 Å². The summed E-state index contributed by atoms with van der Waals surface area (Å²) in [5.74, 6) is 0.342. The summed E-state index contributed by atoms with van der Waals surface area (Å²) in [6.07, 6.45) is -8.62. The third-order valence-corrected chi connectivity index (χ3v) is 7.05. The summed E-state index contributed by atoms with van der Waals surface area (Å²) in [6, 6.07) is 9.06. The van der Waals surface area contributed by atoms with Gasteiger partial charge in [-0.25, -0.2) is 27.5 Å². The third-order valence-electron chi connectivity index (χ3n) is 5.63. The van der Waals surface area contributed by atoms with Crippen LogP contribution in [0, 0.1) is 0 Å². The molecule has 3 aromatic heterocycles. The average molecular weight is 591 g/mol. The average Bonchev–Trinajstić information content (AvgIpc) is 3.33. The van der Waals surface area contributed by atoms with Gasteiger partial charge in [-0.3, -0.25) is 9.36 Å². The van der Waals surface area contributed by atoms with Gasteiger partial charge in [0.2, 0.25) is 15.9 Å². The molecule has 2 N–H and O–H groups in total. The lowest BCUT2D eigenvalue weighted by Crippen LogP contribution is -2.44. The molecule has 40 heavy (non-hydrogen) atoms. The number of fused-ring (bicyclic) bond motifs is 1. The van der Waals surface area contributed by atoms with Crippen LogP contribution in [-0.4, -0.2) is 47.0 Å². The van der Waals surface area contributed by atoms with Crippen molar-refractivity contribution in [1.82, 2.24) is 23.8 Å². The van der Waals surface area contributed by atoms with Crippen LogP contribution in [0.1, 0.15) is 5.56 Å². The molecule has 214 valence electrons. The van der Waals surface area contributed by atoms with Crippen LogP contribution in [0.15, 0.2) is 63.1 Å². The van der Waals surface area contributed by atoms with Crippen molar-refractivity contribution < 1.29 is 39.5 Å². The van der Waals surface area contributed by atoms with Crippen LogP contribution < -0.4 is 20.7 Å². The molecular weight excluding hydrogens is 572 g/mol. The van der Waals surface area contributed by atoms with E-state index >= 15 is 0 Å². The zero-order chi connectivity index (χ0) is 29.5. The monoisotopic (exact) mass is 591 g/mol. The fraction of sp³-hybridized carbons (Fsp3) is 0.261. The van der Waals surface area contributed by atoms with E-state index in [0.29, 0.717) is 11.4 Å². The normalized spacial score (nSPS) is 12.7. The number of benzene rings is 1. The highest BCUT2D eigenvalue weighted by atomic mass is 32.2. The lowest BCUT2D eigenvalue weighted by molar-refractivity contribution is -0.144. The van der Waals surface area contributed by atoms with Crippen molar-refractivity contribution in [3.63, 3.8) is 0 Å². The number of aromatic nitrogens is 4. The van der Waals surface area contributed by atoms with Gasteiger partial charge in [0.1, 0.15) is 18.6 Å². The number of alkyl halides is 6. The SMILES string of the molecule is COc1ccc(CNS(=O)(=O)c2ccc(-c3cc4c([nH]3)c(=O)n(CC(F)(F)F)c(=O)n4CC(F)(F)F)cc2)cn1. The zero-order valence-electron chi connectivity index (χ0n) is 20.3. The Kier molecular flexibility index (Phi) is 7.55. The van der Waals surface area contributed by atoms with Gasteiger partial charge >= 0.3 is 18.0 Å².